The van der Waals surface area contributed by atoms with E-state index in [2.05, 4.69) is 9.97 Å². The van der Waals surface area contributed by atoms with Crippen LogP contribution in [0, 0.1) is 5.92 Å². The van der Waals surface area contributed by atoms with Crippen molar-refractivity contribution in [3.8, 4) is 5.75 Å². The minimum atomic E-state index is -2.88. The molecule has 1 aliphatic carbocycles. The van der Waals surface area contributed by atoms with Gasteiger partial charge in [-0.15, -0.1) is 0 Å². The van der Waals surface area contributed by atoms with Gasteiger partial charge in [0.1, 0.15) is 28.7 Å². The number of hydrogen-bond donors (Lipinski definition) is 1. The van der Waals surface area contributed by atoms with Crippen LogP contribution in [0.2, 0.25) is 0 Å². The zero-order chi connectivity index (χ0) is 31.2. The summed E-state index contributed by atoms with van der Waals surface area (Å²) in [4.78, 5) is 38.4. The molecule has 2 aliphatic heterocycles. The van der Waals surface area contributed by atoms with E-state index in [1.54, 1.807) is 18.3 Å². The fraction of sp³-hybridized carbons (Fsp3) is 0.500. The summed E-state index contributed by atoms with van der Waals surface area (Å²) in [6, 6.07) is 3.13. The number of thiazole rings is 1. The number of rotatable bonds is 11. The van der Waals surface area contributed by atoms with Crippen molar-refractivity contribution < 1.29 is 36.6 Å². The zero-order valence-electron chi connectivity index (χ0n) is 23.8. The van der Waals surface area contributed by atoms with E-state index in [-0.39, 0.29) is 49.1 Å². The van der Waals surface area contributed by atoms with Crippen molar-refractivity contribution in [2.24, 2.45) is 5.92 Å². The number of nitrogens with zero attached hydrogens (tertiary/aromatic N) is 5. The van der Waals surface area contributed by atoms with Crippen molar-refractivity contribution in [2.45, 2.75) is 50.1 Å². The molecule has 0 bridgehead atoms. The smallest absolute Gasteiger partial charge is 0.329 e. The summed E-state index contributed by atoms with van der Waals surface area (Å²) < 4.78 is 64.6. The molecule has 16 heteroatoms. The van der Waals surface area contributed by atoms with Crippen molar-refractivity contribution >= 4 is 61.2 Å². The molecule has 12 nitrogen and oxygen atoms in total. The molecule has 2 N–H and O–H groups in total. The number of halogens is 2. The number of ether oxygens (including phenoxy) is 2. The van der Waals surface area contributed by atoms with E-state index in [1.165, 1.54) is 23.1 Å². The first-order chi connectivity index (χ1) is 21.0. The third-order valence-electron chi connectivity index (χ3n) is 8.21. The van der Waals surface area contributed by atoms with Gasteiger partial charge >= 0.3 is 5.97 Å². The third kappa shape index (κ3) is 6.15. The molecule has 2 aromatic heterocycles. The number of hydrogen-bond acceptors (Lipinski definition) is 11. The van der Waals surface area contributed by atoms with Crippen LogP contribution in [-0.2, 0) is 32.0 Å². The van der Waals surface area contributed by atoms with Gasteiger partial charge < -0.3 is 29.6 Å². The van der Waals surface area contributed by atoms with Gasteiger partial charge in [0.2, 0.25) is 5.91 Å². The second-order valence-corrected chi connectivity index (χ2v) is 13.1. The van der Waals surface area contributed by atoms with Crippen LogP contribution in [0.3, 0.4) is 0 Å². The van der Waals surface area contributed by atoms with Crippen molar-refractivity contribution in [1.82, 2.24) is 14.9 Å². The van der Waals surface area contributed by atoms with Crippen molar-refractivity contribution in [1.29, 1.82) is 0 Å². The van der Waals surface area contributed by atoms with Gasteiger partial charge in [0, 0.05) is 48.8 Å². The molecule has 44 heavy (non-hydrogen) atoms. The van der Waals surface area contributed by atoms with Crippen LogP contribution in [0.15, 0.2) is 30.6 Å². The summed E-state index contributed by atoms with van der Waals surface area (Å²) in [6.07, 6.45) is 4.61. The Morgan fingerprint density at radius 3 is 2.77 bits per heavy atom. The second kappa shape index (κ2) is 12.0. The van der Waals surface area contributed by atoms with E-state index in [9.17, 15) is 27.1 Å². The highest BCUT2D eigenvalue weighted by molar-refractivity contribution is 7.81. The molecule has 3 fully saturated rings. The fourth-order valence-electron chi connectivity index (χ4n) is 5.68. The van der Waals surface area contributed by atoms with Gasteiger partial charge in [0.05, 0.1) is 26.5 Å². The molecule has 1 saturated carbocycles. The molecule has 0 spiro atoms. The van der Waals surface area contributed by atoms with Gasteiger partial charge in [-0.05, 0) is 54.3 Å². The van der Waals surface area contributed by atoms with Crippen LogP contribution < -0.4 is 19.7 Å². The number of benzene rings is 1. The highest BCUT2D eigenvalue weighted by atomic mass is 32.2. The minimum absolute atomic E-state index is 0.0532. The highest BCUT2D eigenvalue weighted by Crippen LogP contribution is 2.39. The van der Waals surface area contributed by atoms with Crippen LogP contribution in [0.4, 0.5) is 24.7 Å². The Morgan fingerprint density at radius 2 is 2.09 bits per heavy atom. The average Bonchev–Trinajstić information content (AvgIpc) is 3.38. The number of nitrogen functional groups attached to an aromatic ring is 1. The number of aromatic nitrogens is 2. The first kappa shape index (κ1) is 30.4. The number of methoxy groups -OCH3 is 1. The monoisotopic (exact) mass is 649 g/mol. The molecule has 2 saturated heterocycles. The molecular formula is C28H31F2N6O6S2-. The van der Waals surface area contributed by atoms with Crippen molar-refractivity contribution in [2.75, 3.05) is 48.3 Å². The highest BCUT2D eigenvalue weighted by Gasteiger charge is 2.45. The van der Waals surface area contributed by atoms with E-state index in [0.717, 1.165) is 33.9 Å². The quantitative estimate of drug-likeness (QED) is 0.242. The largest absolute Gasteiger partial charge is 0.755 e. The van der Waals surface area contributed by atoms with Crippen LogP contribution in [-0.4, -0.2) is 86.9 Å². The molecule has 0 radical (unpaired) electrons. The second-order valence-electron chi connectivity index (χ2n) is 11.3. The predicted octanol–water partition coefficient (Wildman–Crippen LogP) is 2.89. The lowest BCUT2D eigenvalue weighted by Crippen LogP contribution is -2.49. The molecule has 3 atom stereocenters. The van der Waals surface area contributed by atoms with Gasteiger partial charge in [0.25, 0.3) is 5.92 Å². The van der Waals surface area contributed by atoms with Gasteiger partial charge in [-0.25, -0.2) is 23.5 Å². The summed E-state index contributed by atoms with van der Waals surface area (Å²) in [5.74, 6) is -2.95. The number of nitrogens with two attached hydrogens (primary N) is 1. The Morgan fingerprint density at radius 1 is 1.30 bits per heavy atom. The minimum Gasteiger partial charge on any atom is -0.755 e. The number of carbonyl (C=O) groups is 2. The lowest BCUT2D eigenvalue weighted by atomic mass is 10.00. The molecule has 1 amide bonds. The maximum absolute atomic E-state index is 13.9. The zero-order valence-corrected chi connectivity index (χ0v) is 25.5. The number of amides is 1. The summed E-state index contributed by atoms with van der Waals surface area (Å²) in [6.45, 7) is -0.0873. The molecular weight excluding hydrogens is 618 g/mol. The predicted molar refractivity (Wildman–Crippen MR) is 159 cm³/mol. The fourth-order valence-corrected chi connectivity index (χ4v) is 7.47. The summed E-state index contributed by atoms with van der Waals surface area (Å²) in [5.41, 5.74) is 6.68. The van der Waals surface area contributed by atoms with E-state index in [1.807, 2.05) is 6.07 Å². The number of likely N-dealkylation sites (tertiary alicyclic amines) is 1. The van der Waals surface area contributed by atoms with E-state index >= 15 is 0 Å². The maximum atomic E-state index is 13.9. The Hall–Kier alpha value is -3.63. The summed E-state index contributed by atoms with van der Waals surface area (Å²) >= 11 is -1.96. The number of fused-ring (bicyclic) bond motifs is 1. The van der Waals surface area contributed by atoms with Gasteiger partial charge in [-0.2, -0.15) is 0 Å². The number of esters is 1. The molecule has 6 rings (SSSR count). The lowest BCUT2D eigenvalue weighted by Gasteiger charge is -2.31. The van der Waals surface area contributed by atoms with Crippen LogP contribution in [0.1, 0.15) is 31.2 Å². The third-order valence-corrected chi connectivity index (χ3v) is 10.2. The maximum Gasteiger partial charge on any atom is 0.329 e. The van der Waals surface area contributed by atoms with Crippen LogP contribution >= 0.6 is 11.3 Å². The van der Waals surface area contributed by atoms with Crippen molar-refractivity contribution in [3.63, 3.8) is 0 Å². The first-order valence-electron chi connectivity index (χ1n) is 14.2. The first-order valence-corrected chi connectivity index (χ1v) is 16.0. The lowest BCUT2D eigenvalue weighted by molar-refractivity contribution is -0.154. The van der Waals surface area contributed by atoms with Crippen LogP contribution in [0.5, 0.6) is 5.75 Å². The molecule has 3 aliphatic rings. The topological polar surface area (TPSA) is 154 Å². The van der Waals surface area contributed by atoms with Crippen molar-refractivity contribution in [3.05, 3.63) is 36.2 Å². The molecule has 3 aromatic rings. The number of pyridine rings is 1. The molecule has 1 unspecified atom stereocenters. The molecule has 4 heterocycles. The number of carbonyl (C=O) groups excluding carboxylic acids is 2. The summed E-state index contributed by atoms with van der Waals surface area (Å²) in [5, 5.41) is 1.82. The van der Waals surface area contributed by atoms with Gasteiger partial charge in [-0.1, -0.05) is 11.3 Å². The number of anilines is 3. The Bertz CT molecular complexity index is 1600. The molecule has 236 valence electrons. The Labute approximate surface area is 258 Å². The summed E-state index contributed by atoms with van der Waals surface area (Å²) in [7, 11) is 1.49. The average molecular weight is 650 g/mol. The van der Waals surface area contributed by atoms with Gasteiger partial charge in [0.15, 0.2) is 5.13 Å². The van der Waals surface area contributed by atoms with E-state index in [4.69, 9.17) is 15.2 Å². The van der Waals surface area contributed by atoms with Crippen LogP contribution in [0.25, 0.3) is 10.8 Å². The molecule has 1 aromatic carbocycles. The standard InChI is InChI=1S/C28H32F2N6O6S2/c1-41-22-12-19-17(4-7-32-24(19)31)10-18(22)11-21(26(38)42-14-16-2-3-16)35-8-5-20(25(35)37)36(44(39)40)23-13-33-27(43-23)34-9-6-28(29,30)15-34/h4,7,10,12-13,16,20-21H,2-3,5-6,8-9,11,14-15H2,1H3,(H2,31,32)(H,39,40)/p-1/t20-,21+/m0/s1. The number of alkyl halides is 2. The normalized spacial score (nSPS) is 21.1. The van der Waals surface area contributed by atoms with E-state index in [0.29, 0.717) is 28.4 Å². The van der Waals surface area contributed by atoms with E-state index < -0.39 is 47.7 Å². The Balaban J connectivity index is 1.27. The Kier molecular flexibility index (Phi) is 8.32. The van der Waals surface area contributed by atoms with Gasteiger partial charge in [-0.3, -0.25) is 13.3 Å². The SMILES string of the molecule is COc1cc2c(N)nccc2cc1C[C@H](C(=O)OCC1CC1)N1CC[C@H](N(c2cnc(N3CCC(F)(F)C3)s2)S(=O)[O-])C1=O.